The van der Waals surface area contributed by atoms with Crippen molar-refractivity contribution < 1.29 is 9.53 Å². The molecule has 11 heavy (non-hydrogen) atoms. The van der Waals surface area contributed by atoms with Crippen LogP contribution in [0.2, 0.25) is 0 Å². The van der Waals surface area contributed by atoms with E-state index in [9.17, 15) is 4.79 Å². The molecular formula is C7H7O2S2+. The molecule has 1 heterocycles. The van der Waals surface area contributed by atoms with Gasteiger partial charge in [-0.1, -0.05) is 11.8 Å². The Labute approximate surface area is 74.0 Å². The van der Waals surface area contributed by atoms with Gasteiger partial charge in [0.2, 0.25) is 0 Å². The molecule has 1 aliphatic heterocycles. The lowest BCUT2D eigenvalue weighted by molar-refractivity contribution is -0.135. The lowest BCUT2D eigenvalue weighted by atomic mass is 10.4. The van der Waals surface area contributed by atoms with Gasteiger partial charge in [0, 0.05) is 6.58 Å². The van der Waals surface area contributed by atoms with Gasteiger partial charge in [-0.05, 0) is 0 Å². The molecule has 0 saturated carbocycles. The van der Waals surface area contributed by atoms with Crippen LogP contribution >= 0.6 is 11.8 Å². The number of ether oxygens (including phenoxy) is 1. The van der Waals surface area contributed by atoms with Crippen LogP contribution in [0.5, 0.6) is 0 Å². The molecule has 0 aliphatic carbocycles. The average Bonchev–Trinajstić information content (AvgIpc) is 2.53. The molecule has 0 fully saturated rings. The fourth-order valence-corrected chi connectivity index (χ4v) is 2.97. The molecule has 0 aromatic heterocycles. The molecular weight excluding hydrogens is 180 g/mol. The van der Waals surface area contributed by atoms with E-state index >= 15 is 0 Å². The van der Waals surface area contributed by atoms with Gasteiger partial charge in [-0.2, -0.15) is 0 Å². The second kappa shape index (κ2) is 3.88. The third-order valence-corrected chi connectivity index (χ3v) is 3.86. The topological polar surface area (TPSA) is 26.3 Å². The van der Waals surface area contributed by atoms with Gasteiger partial charge in [-0.15, -0.1) is 0 Å². The lowest BCUT2D eigenvalue weighted by Crippen LogP contribution is -2.09. The zero-order valence-corrected chi connectivity index (χ0v) is 7.68. The minimum Gasteiger partial charge on any atom is -0.465 e. The summed E-state index contributed by atoms with van der Waals surface area (Å²) in [5, 5.41) is 0. The summed E-state index contributed by atoms with van der Waals surface area (Å²) < 4.78 is 5.20. The van der Waals surface area contributed by atoms with E-state index in [4.69, 9.17) is 6.58 Å². The van der Waals surface area contributed by atoms with Gasteiger partial charge >= 0.3 is 5.97 Å². The molecule has 4 heteroatoms. The highest BCUT2D eigenvalue weighted by atomic mass is 32.2. The van der Waals surface area contributed by atoms with E-state index in [1.54, 1.807) is 23.1 Å². The highest BCUT2D eigenvalue weighted by Crippen LogP contribution is 2.16. The van der Waals surface area contributed by atoms with Crippen molar-refractivity contribution in [3.8, 4) is 0 Å². The first kappa shape index (κ1) is 8.74. The molecule has 0 saturated heterocycles. The van der Waals surface area contributed by atoms with Gasteiger partial charge in [0.1, 0.15) is 5.57 Å². The van der Waals surface area contributed by atoms with Crippen LogP contribution in [-0.2, 0) is 20.9 Å². The molecule has 0 atom stereocenters. The van der Waals surface area contributed by atoms with Crippen LogP contribution in [-0.4, -0.2) is 28.8 Å². The van der Waals surface area contributed by atoms with Gasteiger partial charge < -0.3 is 4.74 Å². The summed E-state index contributed by atoms with van der Waals surface area (Å²) in [6.45, 7) is 7.34. The quantitative estimate of drug-likeness (QED) is 0.270. The third-order valence-electron chi connectivity index (χ3n) is 1.14. The molecule has 0 unspecified atom stereocenters. The predicted molar refractivity (Wildman–Crippen MR) is 48.5 cm³/mol. The smallest absolute Gasteiger partial charge is 0.344 e. The molecule has 2 radical (unpaired) electrons. The summed E-state index contributed by atoms with van der Waals surface area (Å²) in [4.78, 5) is 10.8. The summed E-state index contributed by atoms with van der Waals surface area (Å²) in [6, 6.07) is 0. The van der Waals surface area contributed by atoms with Crippen LogP contribution in [0.25, 0.3) is 0 Å². The van der Waals surface area contributed by atoms with Crippen molar-refractivity contribution >= 4 is 33.3 Å². The van der Waals surface area contributed by atoms with E-state index in [1.165, 1.54) is 7.11 Å². The van der Waals surface area contributed by atoms with Gasteiger partial charge in [-0.3, -0.25) is 0 Å². The third kappa shape index (κ3) is 2.04. The van der Waals surface area contributed by atoms with Crippen LogP contribution in [0, 0.1) is 6.58 Å². The first-order valence-electron chi connectivity index (χ1n) is 3.05. The van der Waals surface area contributed by atoms with Crippen molar-refractivity contribution in [1.82, 2.24) is 0 Å². The molecule has 0 aromatic rings. The molecule has 58 valence electrons. The minimum absolute atomic E-state index is 0.000000000000000222. The molecule has 0 N–H and O–H groups in total. The van der Waals surface area contributed by atoms with Crippen molar-refractivity contribution in [2.24, 2.45) is 0 Å². The van der Waals surface area contributed by atoms with Crippen LogP contribution in [0.15, 0.2) is 5.57 Å². The Balaban J connectivity index is 2.60. The maximum atomic E-state index is 10.8. The van der Waals surface area contributed by atoms with E-state index in [1.807, 2.05) is 0 Å². The molecule has 0 spiro atoms. The van der Waals surface area contributed by atoms with E-state index in [-0.39, 0.29) is 5.57 Å². The highest BCUT2D eigenvalue weighted by molar-refractivity contribution is 8.25. The molecule has 0 amide bonds. The van der Waals surface area contributed by atoms with Crippen molar-refractivity contribution in [3.63, 3.8) is 0 Å². The van der Waals surface area contributed by atoms with Crippen LogP contribution in [0.4, 0.5) is 0 Å². The van der Waals surface area contributed by atoms with Crippen molar-refractivity contribution in [2.45, 2.75) is 0 Å². The fraction of sp³-hybridized carbons (Fsp3) is 0.429. The maximum Gasteiger partial charge on any atom is 0.344 e. The number of hydrogen-bond donors (Lipinski definition) is 0. The zero-order chi connectivity index (χ0) is 8.27. The lowest BCUT2D eigenvalue weighted by Gasteiger charge is -1.94. The molecule has 0 aromatic carbocycles. The summed E-state index contributed by atoms with van der Waals surface area (Å²) in [7, 11) is 1.29. The van der Waals surface area contributed by atoms with Crippen LogP contribution < -0.4 is 0 Å². The molecule has 0 bridgehead atoms. The largest absolute Gasteiger partial charge is 0.465 e. The Morgan fingerprint density at radius 2 is 2.55 bits per heavy atom. The maximum absolute atomic E-state index is 10.8. The summed E-state index contributed by atoms with van der Waals surface area (Å²) in [6.07, 6.45) is 0. The Hall–Kier alpha value is -0.350. The number of rotatable bonds is 2. The first-order chi connectivity index (χ1) is 5.25. The fourth-order valence-electron chi connectivity index (χ4n) is 0.640. The Morgan fingerprint density at radius 3 is 3.00 bits per heavy atom. The average molecular weight is 187 g/mol. The predicted octanol–water partition coefficient (Wildman–Crippen LogP) is 0.355. The molecule has 2 nitrogen and oxygen atoms in total. The monoisotopic (exact) mass is 187 g/mol. The highest BCUT2D eigenvalue weighted by Gasteiger charge is 2.27. The second-order valence-corrected chi connectivity index (χ2v) is 4.32. The zero-order valence-electron chi connectivity index (χ0n) is 6.05. The van der Waals surface area contributed by atoms with Crippen LogP contribution in [0.3, 0.4) is 0 Å². The number of carbonyl (C=O) groups is 1. The number of esters is 1. The normalized spacial score (nSPS) is 15.9. The van der Waals surface area contributed by atoms with Crippen molar-refractivity contribution in [3.05, 3.63) is 12.2 Å². The van der Waals surface area contributed by atoms with Gasteiger partial charge in [-0.25, -0.2) is 4.79 Å². The Morgan fingerprint density at radius 1 is 1.82 bits per heavy atom. The minimum atomic E-state index is -0.540. The van der Waals surface area contributed by atoms with E-state index in [0.29, 0.717) is 0 Å². The molecule has 1 aliphatic rings. The Kier molecular flexibility index (Phi) is 3.08. The summed E-state index contributed by atoms with van der Waals surface area (Å²) in [5.74, 6) is 1.43. The number of methoxy groups -OCH3 is 1. The van der Waals surface area contributed by atoms with E-state index in [0.717, 1.165) is 15.7 Å². The van der Waals surface area contributed by atoms with E-state index < -0.39 is 5.97 Å². The first-order valence-corrected chi connectivity index (χ1v) is 5.02. The molecule has 1 rings (SSSR count). The van der Waals surface area contributed by atoms with Gasteiger partial charge in [0.25, 0.3) is 4.20 Å². The van der Waals surface area contributed by atoms with E-state index in [2.05, 4.69) is 4.74 Å². The summed E-state index contributed by atoms with van der Waals surface area (Å²) >= 11 is 3.10. The standard InChI is InChI=1S/C7H7O2S2/c1-5(6(8)9-2)7-10-3-4-11-7/h3-4H2,2H3/q+1. The van der Waals surface area contributed by atoms with Crippen molar-refractivity contribution in [1.29, 1.82) is 0 Å². The number of carbonyl (C=O) groups excluding carboxylic acids is 1. The second-order valence-electron chi connectivity index (χ2n) is 1.85. The van der Waals surface area contributed by atoms with Crippen LogP contribution in [0.1, 0.15) is 0 Å². The number of hydrogen-bond acceptors (Lipinski definition) is 3. The Bertz CT molecular complexity index is 220. The summed E-state index contributed by atoms with van der Waals surface area (Å²) in [5.41, 5.74) is 0.000000000000000222. The van der Waals surface area contributed by atoms with Crippen molar-refractivity contribution in [2.75, 3.05) is 18.6 Å². The van der Waals surface area contributed by atoms with Gasteiger partial charge in [0.15, 0.2) is 17.1 Å². The SMILES string of the molecule is [C]=C(C(=O)OC)C1=[S+]CCS1. The van der Waals surface area contributed by atoms with Gasteiger partial charge in [0.05, 0.1) is 12.9 Å². The number of thioether (sulfide) groups is 1.